The number of amides is 1. The molecule has 19 heavy (non-hydrogen) atoms. The van der Waals surface area contributed by atoms with Gasteiger partial charge in [0.1, 0.15) is 0 Å². The highest BCUT2D eigenvalue weighted by Crippen LogP contribution is 2.24. The summed E-state index contributed by atoms with van der Waals surface area (Å²) in [6.07, 6.45) is 3.20. The Morgan fingerprint density at radius 1 is 1.32 bits per heavy atom. The van der Waals surface area contributed by atoms with E-state index in [0.29, 0.717) is 6.42 Å². The van der Waals surface area contributed by atoms with Gasteiger partial charge < -0.3 is 15.3 Å². The first-order valence-electron chi connectivity index (χ1n) is 7.03. The lowest BCUT2D eigenvalue weighted by Gasteiger charge is -2.29. The third-order valence-corrected chi connectivity index (χ3v) is 4.07. The summed E-state index contributed by atoms with van der Waals surface area (Å²) in [6, 6.07) is 6.25. The van der Waals surface area contributed by atoms with Crippen LogP contribution in [0.1, 0.15) is 24.0 Å². The van der Waals surface area contributed by atoms with E-state index in [1.807, 2.05) is 6.07 Å². The molecule has 102 valence electrons. The number of aliphatic hydroxyl groups is 1. The van der Waals surface area contributed by atoms with Gasteiger partial charge in [0.25, 0.3) is 0 Å². The van der Waals surface area contributed by atoms with Crippen molar-refractivity contribution >= 4 is 11.6 Å². The number of hydrogen-bond donors (Lipinski definition) is 2. The number of benzene rings is 1. The van der Waals surface area contributed by atoms with E-state index in [2.05, 4.69) is 22.3 Å². The van der Waals surface area contributed by atoms with Crippen molar-refractivity contribution in [1.29, 1.82) is 0 Å². The number of fused-ring (bicyclic) bond motifs is 1. The van der Waals surface area contributed by atoms with Crippen LogP contribution in [0, 0.1) is 0 Å². The average molecular weight is 260 g/mol. The molecule has 0 unspecified atom stereocenters. The number of likely N-dealkylation sites (tertiary alicyclic amines) is 1. The zero-order valence-electron chi connectivity index (χ0n) is 11.1. The molecule has 4 heteroatoms. The third kappa shape index (κ3) is 2.96. The Morgan fingerprint density at radius 2 is 2.11 bits per heavy atom. The van der Waals surface area contributed by atoms with Crippen LogP contribution in [0.5, 0.6) is 0 Å². The van der Waals surface area contributed by atoms with Gasteiger partial charge in [-0.05, 0) is 36.5 Å². The Bertz CT molecular complexity index is 479. The first kappa shape index (κ1) is 12.6. The third-order valence-electron chi connectivity index (χ3n) is 4.07. The number of nitrogens with zero attached hydrogens (tertiary/aromatic N) is 1. The molecule has 0 spiro atoms. The van der Waals surface area contributed by atoms with Crippen molar-refractivity contribution in [2.45, 2.75) is 31.8 Å². The van der Waals surface area contributed by atoms with Gasteiger partial charge in [-0.1, -0.05) is 12.1 Å². The fourth-order valence-electron chi connectivity index (χ4n) is 2.87. The van der Waals surface area contributed by atoms with Crippen LogP contribution in [0.2, 0.25) is 0 Å². The first-order valence-corrected chi connectivity index (χ1v) is 7.03. The van der Waals surface area contributed by atoms with Gasteiger partial charge in [-0.15, -0.1) is 0 Å². The largest absolute Gasteiger partial charge is 0.393 e. The minimum atomic E-state index is -0.103. The number of carbonyl (C=O) groups excluding carboxylic acids is 1. The topological polar surface area (TPSA) is 52.6 Å². The Hall–Kier alpha value is -1.39. The molecule has 3 rings (SSSR count). The maximum absolute atomic E-state index is 11.3. The van der Waals surface area contributed by atoms with E-state index >= 15 is 0 Å². The molecule has 0 atom stereocenters. The minimum absolute atomic E-state index is 0.0946. The first-order chi connectivity index (χ1) is 9.20. The Labute approximate surface area is 113 Å². The molecule has 0 aromatic heterocycles. The Morgan fingerprint density at radius 3 is 2.89 bits per heavy atom. The summed E-state index contributed by atoms with van der Waals surface area (Å²) in [6.45, 7) is 3.02. The molecular formula is C15H20N2O2. The van der Waals surface area contributed by atoms with E-state index in [1.165, 1.54) is 5.56 Å². The predicted octanol–water partition coefficient (Wildman–Crippen LogP) is 1.18. The smallest absolute Gasteiger partial charge is 0.228 e. The van der Waals surface area contributed by atoms with Crippen molar-refractivity contribution in [1.82, 2.24) is 4.90 Å². The number of piperidine rings is 1. The molecule has 0 saturated carbocycles. The maximum Gasteiger partial charge on any atom is 0.228 e. The van der Waals surface area contributed by atoms with Crippen LogP contribution in [0.4, 0.5) is 5.69 Å². The molecular weight excluding hydrogens is 240 g/mol. The van der Waals surface area contributed by atoms with Gasteiger partial charge in [-0.3, -0.25) is 4.79 Å². The van der Waals surface area contributed by atoms with Gasteiger partial charge in [0.15, 0.2) is 0 Å². The number of carbonyl (C=O) groups is 1. The zero-order chi connectivity index (χ0) is 13.2. The van der Waals surface area contributed by atoms with E-state index in [0.717, 1.165) is 50.1 Å². The van der Waals surface area contributed by atoms with Crippen LogP contribution in [-0.2, 0) is 17.6 Å². The zero-order valence-corrected chi connectivity index (χ0v) is 11.1. The normalized spacial score (nSPS) is 20.4. The molecule has 2 aliphatic heterocycles. The van der Waals surface area contributed by atoms with Gasteiger partial charge in [-0.25, -0.2) is 0 Å². The van der Waals surface area contributed by atoms with Gasteiger partial charge in [0, 0.05) is 25.3 Å². The lowest BCUT2D eigenvalue weighted by atomic mass is 10.0. The molecule has 2 heterocycles. The number of aliphatic hydroxyl groups excluding tert-OH is 1. The van der Waals surface area contributed by atoms with Crippen LogP contribution in [0.15, 0.2) is 18.2 Å². The lowest BCUT2D eigenvalue weighted by Crippen LogP contribution is -2.37. The van der Waals surface area contributed by atoms with Gasteiger partial charge >= 0.3 is 0 Å². The highest BCUT2D eigenvalue weighted by atomic mass is 16.3. The summed E-state index contributed by atoms with van der Waals surface area (Å²) in [5, 5.41) is 12.3. The Kier molecular flexibility index (Phi) is 3.53. The maximum atomic E-state index is 11.3. The number of rotatable bonds is 3. The number of nitrogens with one attached hydrogen (secondary N) is 1. The fraction of sp³-hybridized carbons (Fsp3) is 0.533. The second-order valence-corrected chi connectivity index (χ2v) is 5.54. The van der Waals surface area contributed by atoms with Gasteiger partial charge in [0.05, 0.1) is 12.5 Å². The SMILES string of the molecule is O=C1Cc2cc(CCN3CCC(O)CC3)ccc2N1. The second kappa shape index (κ2) is 5.31. The van der Waals surface area contributed by atoms with Crippen molar-refractivity contribution in [2.75, 3.05) is 25.0 Å². The molecule has 2 aliphatic rings. The Balaban J connectivity index is 1.56. The summed E-state index contributed by atoms with van der Waals surface area (Å²) < 4.78 is 0. The molecule has 1 aromatic rings. The van der Waals surface area contributed by atoms with Crippen molar-refractivity contribution < 1.29 is 9.90 Å². The van der Waals surface area contributed by atoms with Crippen LogP contribution >= 0.6 is 0 Å². The summed E-state index contributed by atoms with van der Waals surface area (Å²) in [5.74, 6) is 0.0946. The van der Waals surface area contributed by atoms with E-state index in [4.69, 9.17) is 0 Å². The van der Waals surface area contributed by atoms with Crippen LogP contribution < -0.4 is 5.32 Å². The number of hydrogen-bond acceptors (Lipinski definition) is 3. The van der Waals surface area contributed by atoms with Gasteiger partial charge in [0.2, 0.25) is 5.91 Å². The van der Waals surface area contributed by atoms with Crippen molar-refractivity contribution in [3.05, 3.63) is 29.3 Å². The van der Waals surface area contributed by atoms with Crippen molar-refractivity contribution in [2.24, 2.45) is 0 Å². The standard InChI is InChI=1S/C15H20N2O2/c18-13-4-7-17(8-5-13)6-3-11-1-2-14-12(9-11)10-15(19)16-14/h1-2,9,13,18H,3-8,10H2,(H,16,19). The highest BCUT2D eigenvalue weighted by molar-refractivity contribution is 5.99. The van der Waals surface area contributed by atoms with Crippen LogP contribution in [0.25, 0.3) is 0 Å². The predicted molar refractivity (Wildman–Crippen MR) is 74.2 cm³/mol. The molecule has 1 fully saturated rings. The van der Waals surface area contributed by atoms with Crippen molar-refractivity contribution in [3.63, 3.8) is 0 Å². The molecule has 4 nitrogen and oxygen atoms in total. The molecule has 0 radical (unpaired) electrons. The van der Waals surface area contributed by atoms with E-state index in [9.17, 15) is 9.90 Å². The van der Waals surface area contributed by atoms with E-state index in [-0.39, 0.29) is 12.0 Å². The lowest BCUT2D eigenvalue weighted by molar-refractivity contribution is -0.115. The van der Waals surface area contributed by atoms with Crippen LogP contribution in [0.3, 0.4) is 0 Å². The fourth-order valence-corrected chi connectivity index (χ4v) is 2.87. The quantitative estimate of drug-likeness (QED) is 0.858. The molecule has 0 aliphatic carbocycles. The second-order valence-electron chi connectivity index (χ2n) is 5.54. The monoisotopic (exact) mass is 260 g/mol. The molecule has 1 aromatic carbocycles. The summed E-state index contributed by atoms with van der Waals surface area (Å²) in [5.41, 5.74) is 3.38. The van der Waals surface area contributed by atoms with Crippen molar-refractivity contribution in [3.8, 4) is 0 Å². The summed E-state index contributed by atoms with van der Waals surface area (Å²) in [7, 11) is 0. The molecule has 2 N–H and O–H groups in total. The van der Waals surface area contributed by atoms with Crippen LogP contribution in [-0.4, -0.2) is 41.7 Å². The summed E-state index contributed by atoms with van der Waals surface area (Å²) in [4.78, 5) is 13.7. The average Bonchev–Trinajstić information content (AvgIpc) is 2.77. The molecule has 1 amide bonds. The summed E-state index contributed by atoms with van der Waals surface area (Å²) >= 11 is 0. The van der Waals surface area contributed by atoms with E-state index in [1.54, 1.807) is 0 Å². The molecule has 1 saturated heterocycles. The van der Waals surface area contributed by atoms with Gasteiger partial charge in [-0.2, -0.15) is 0 Å². The molecule has 0 bridgehead atoms. The number of anilines is 1. The van der Waals surface area contributed by atoms with E-state index < -0.39 is 0 Å². The minimum Gasteiger partial charge on any atom is -0.393 e. The highest BCUT2D eigenvalue weighted by Gasteiger charge is 2.19.